The lowest BCUT2D eigenvalue weighted by Crippen LogP contribution is -2.29. The molecular formula is C27H32N6O3. The van der Waals surface area contributed by atoms with E-state index in [-0.39, 0.29) is 11.7 Å². The first-order valence-corrected chi connectivity index (χ1v) is 12.5. The first-order chi connectivity index (χ1) is 17.6. The Morgan fingerprint density at radius 3 is 2.69 bits per heavy atom. The van der Waals surface area contributed by atoms with Gasteiger partial charge in [0.25, 0.3) is 5.56 Å². The normalized spacial score (nSPS) is 15.7. The maximum Gasteiger partial charge on any atom is 0.252 e. The number of aromatic nitrogens is 5. The van der Waals surface area contributed by atoms with Crippen LogP contribution in [0.1, 0.15) is 42.3 Å². The van der Waals surface area contributed by atoms with E-state index in [0.29, 0.717) is 31.7 Å². The van der Waals surface area contributed by atoms with Crippen LogP contribution in [-0.4, -0.2) is 49.9 Å². The molecule has 1 aliphatic heterocycles. The Morgan fingerprint density at radius 1 is 1.11 bits per heavy atom. The number of hydrogen-bond donors (Lipinski definition) is 1. The van der Waals surface area contributed by atoms with Crippen molar-refractivity contribution in [2.24, 2.45) is 0 Å². The number of benzene rings is 2. The van der Waals surface area contributed by atoms with Gasteiger partial charge in [0.2, 0.25) is 0 Å². The molecule has 5 rings (SSSR count). The Kier molecular flexibility index (Phi) is 7.39. The van der Waals surface area contributed by atoms with Gasteiger partial charge in [-0.3, -0.25) is 9.69 Å². The zero-order valence-corrected chi connectivity index (χ0v) is 20.8. The van der Waals surface area contributed by atoms with Crippen LogP contribution in [0.4, 0.5) is 0 Å². The maximum atomic E-state index is 13.0. The first kappa shape index (κ1) is 24.1. The standard InChI is InChI=1S/C27H32N6O3/c1-3-19-8-11-25-21(13-19)14-22(27(34)28-25)16-32(15-20-6-9-23(35-2)10-7-20)18-26-29-30-31-33(26)17-24-5-4-12-36-24/h6-11,13-14,24H,3-5,12,15-18H2,1-2H3,(H,28,34). The summed E-state index contributed by atoms with van der Waals surface area (Å²) in [6.07, 6.45) is 3.16. The van der Waals surface area contributed by atoms with Crippen LogP contribution in [0.25, 0.3) is 10.9 Å². The third kappa shape index (κ3) is 5.63. The molecule has 1 aliphatic rings. The van der Waals surface area contributed by atoms with E-state index in [0.717, 1.165) is 53.9 Å². The van der Waals surface area contributed by atoms with Gasteiger partial charge in [-0.15, -0.1) is 5.10 Å². The molecule has 0 bridgehead atoms. The SMILES string of the molecule is CCc1ccc2[nH]c(=O)c(CN(Cc3ccc(OC)cc3)Cc3nnnn3CC3CCCO3)cc2c1. The molecule has 4 aromatic rings. The number of nitrogens with zero attached hydrogens (tertiary/aromatic N) is 5. The molecular weight excluding hydrogens is 456 g/mol. The van der Waals surface area contributed by atoms with Crippen LogP contribution in [0.15, 0.2) is 53.3 Å². The average molecular weight is 489 g/mol. The van der Waals surface area contributed by atoms with Gasteiger partial charge in [-0.2, -0.15) is 0 Å². The second-order valence-corrected chi connectivity index (χ2v) is 9.30. The van der Waals surface area contributed by atoms with Gasteiger partial charge in [-0.1, -0.05) is 25.1 Å². The second-order valence-electron chi connectivity index (χ2n) is 9.30. The van der Waals surface area contributed by atoms with Crippen LogP contribution < -0.4 is 10.3 Å². The highest BCUT2D eigenvalue weighted by molar-refractivity contribution is 5.79. The van der Waals surface area contributed by atoms with E-state index in [1.54, 1.807) is 7.11 Å². The van der Waals surface area contributed by atoms with Crippen molar-refractivity contribution in [3.05, 3.63) is 81.4 Å². The molecule has 3 heterocycles. The number of tetrazole rings is 1. The monoisotopic (exact) mass is 488 g/mol. The maximum absolute atomic E-state index is 13.0. The third-order valence-electron chi connectivity index (χ3n) is 6.72. The molecule has 0 amide bonds. The van der Waals surface area contributed by atoms with E-state index in [4.69, 9.17) is 9.47 Å². The second kappa shape index (κ2) is 11.0. The molecule has 2 aromatic heterocycles. The minimum atomic E-state index is -0.0783. The summed E-state index contributed by atoms with van der Waals surface area (Å²) in [5.41, 5.74) is 3.83. The zero-order valence-electron chi connectivity index (χ0n) is 20.8. The Morgan fingerprint density at radius 2 is 1.94 bits per heavy atom. The lowest BCUT2D eigenvalue weighted by Gasteiger charge is -2.22. The average Bonchev–Trinajstić information content (AvgIpc) is 3.57. The topological polar surface area (TPSA) is 98.2 Å². The summed E-state index contributed by atoms with van der Waals surface area (Å²) < 4.78 is 12.9. The number of hydrogen-bond acceptors (Lipinski definition) is 7. The lowest BCUT2D eigenvalue weighted by atomic mass is 10.1. The molecule has 2 aromatic carbocycles. The van der Waals surface area contributed by atoms with Crippen LogP contribution in [-0.2, 0) is 37.3 Å². The van der Waals surface area contributed by atoms with Gasteiger partial charge in [0.1, 0.15) is 5.75 Å². The van der Waals surface area contributed by atoms with E-state index >= 15 is 0 Å². The summed E-state index contributed by atoms with van der Waals surface area (Å²) in [7, 11) is 1.66. The fourth-order valence-electron chi connectivity index (χ4n) is 4.70. The number of H-pyrrole nitrogens is 1. The van der Waals surface area contributed by atoms with Crippen LogP contribution in [0.5, 0.6) is 5.75 Å². The Labute approximate surface area is 210 Å². The number of nitrogens with one attached hydrogen (secondary N) is 1. The molecule has 1 fully saturated rings. The van der Waals surface area contributed by atoms with E-state index in [9.17, 15) is 4.79 Å². The molecule has 1 atom stereocenters. The molecule has 1 unspecified atom stereocenters. The fourth-order valence-corrected chi connectivity index (χ4v) is 4.70. The van der Waals surface area contributed by atoms with Crippen molar-refractivity contribution in [3.8, 4) is 5.75 Å². The molecule has 1 N–H and O–H groups in total. The highest BCUT2D eigenvalue weighted by Crippen LogP contribution is 2.19. The van der Waals surface area contributed by atoms with Crippen molar-refractivity contribution < 1.29 is 9.47 Å². The summed E-state index contributed by atoms with van der Waals surface area (Å²) in [5, 5.41) is 13.5. The lowest BCUT2D eigenvalue weighted by molar-refractivity contribution is 0.0914. The van der Waals surface area contributed by atoms with Crippen LogP contribution in [0.3, 0.4) is 0 Å². The van der Waals surface area contributed by atoms with Crippen LogP contribution in [0, 0.1) is 0 Å². The number of methoxy groups -OCH3 is 1. The Bertz CT molecular complexity index is 1360. The molecule has 36 heavy (non-hydrogen) atoms. The largest absolute Gasteiger partial charge is 0.497 e. The summed E-state index contributed by atoms with van der Waals surface area (Å²) in [6.45, 7) is 5.14. The molecule has 9 heteroatoms. The number of rotatable bonds is 10. The Hall–Kier alpha value is -3.56. The van der Waals surface area contributed by atoms with Crippen molar-refractivity contribution in [1.82, 2.24) is 30.1 Å². The van der Waals surface area contributed by atoms with E-state index in [1.165, 1.54) is 5.56 Å². The number of pyridine rings is 1. The van der Waals surface area contributed by atoms with Crippen molar-refractivity contribution in [2.45, 2.75) is 58.5 Å². The summed E-state index contributed by atoms with van der Waals surface area (Å²) in [5.74, 6) is 1.56. The highest BCUT2D eigenvalue weighted by atomic mass is 16.5. The van der Waals surface area contributed by atoms with Crippen molar-refractivity contribution >= 4 is 10.9 Å². The highest BCUT2D eigenvalue weighted by Gasteiger charge is 2.21. The van der Waals surface area contributed by atoms with Gasteiger partial charge >= 0.3 is 0 Å². The summed E-state index contributed by atoms with van der Waals surface area (Å²) in [4.78, 5) is 18.2. The minimum absolute atomic E-state index is 0.0783. The van der Waals surface area contributed by atoms with Gasteiger partial charge in [-0.25, -0.2) is 4.68 Å². The molecule has 188 valence electrons. The van der Waals surface area contributed by atoms with E-state index < -0.39 is 0 Å². The van der Waals surface area contributed by atoms with Crippen molar-refractivity contribution in [1.29, 1.82) is 0 Å². The molecule has 0 spiro atoms. The van der Waals surface area contributed by atoms with Gasteiger partial charge in [-0.05, 0) is 76.5 Å². The van der Waals surface area contributed by atoms with Gasteiger partial charge in [0.15, 0.2) is 5.82 Å². The number of fused-ring (bicyclic) bond motifs is 1. The van der Waals surface area contributed by atoms with Gasteiger partial charge < -0.3 is 14.5 Å². The third-order valence-corrected chi connectivity index (χ3v) is 6.72. The quantitative estimate of drug-likeness (QED) is 0.365. The van der Waals surface area contributed by atoms with Gasteiger partial charge in [0, 0.05) is 30.8 Å². The molecule has 0 aliphatic carbocycles. The van der Waals surface area contributed by atoms with Crippen LogP contribution >= 0.6 is 0 Å². The molecule has 0 saturated carbocycles. The minimum Gasteiger partial charge on any atom is -0.497 e. The summed E-state index contributed by atoms with van der Waals surface area (Å²) in [6, 6.07) is 16.2. The molecule has 1 saturated heterocycles. The van der Waals surface area contributed by atoms with Crippen molar-refractivity contribution in [2.75, 3.05) is 13.7 Å². The molecule has 0 radical (unpaired) electrons. The predicted molar refractivity (Wildman–Crippen MR) is 137 cm³/mol. The van der Waals surface area contributed by atoms with Crippen molar-refractivity contribution in [3.63, 3.8) is 0 Å². The van der Waals surface area contributed by atoms with Crippen LogP contribution in [0.2, 0.25) is 0 Å². The number of ether oxygens (including phenoxy) is 2. The first-order valence-electron chi connectivity index (χ1n) is 12.5. The fraction of sp³-hybridized carbons (Fsp3) is 0.407. The predicted octanol–water partition coefficient (Wildman–Crippen LogP) is 3.47. The van der Waals surface area contributed by atoms with Gasteiger partial charge in [0.05, 0.1) is 26.3 Å². The smallest absolute Gasteiger partial charge is 0.252 e. The Balaban J connectivity index is 1.42. The zero-order chi connectivity index (χ0) is 24.9. The van der Waals surface area contributed by atoms with E-state index in [1.807, 2.05) is 41.1 Å². The number of aromatic amines is 1. The number of aryl methyl sites for hydroxylation is 1. The summed E-state index contributed by atoms with van der Waals surface area (Å²) >= 11 is 0. The molecule has 9 nitrogen and oxygen atoms in total. The van der Waals surface area contributed by atoms with E-state index in [2.05, 4.69) is 44.5 Å².